The maximum absolute atomic E-state index is 10.9. The molecule has 1 aliphatic rings. The summed E-state index contributed by atoms with van der Waals surface area (Å²) >= 11 is 0. The number of unbranched alkanes of at least 4 members (excludes halogenated alkanes) is 1. The number of aliphatic hydroxyl groups excluding tert-OH is 1. The zero-order valence-corrected chi connectivity index (χ0v) is 11.6. The molecule has 0 heterocycles. The highest BCUT2D eigenvalue weighted by Crippen LogP contribution is 2.36. The van der Waals surface area contributed by atoms with Crippen molar-refractivity contribution in [1.29, 1.82) is 0 Å². The van der Waals surface area contributed by atoms with E-state index in [0.29, 0.717) is 11.8 Å². The fourth-order valence-corrected chi connectivity index (χ4v) is 2.30. The van der Waals surface area contributed by atoms with Crippen LogP contribution in [0.15, 0.2) is 18.2 Å². The molecule has 0 radical (unpaired) electrons. The lowest BCUT2D eigenvalue weighted by atomic mass is 10.2. The van der Waals surface area contributed by atoms with E-state index < -0.39 is 4.92 Å². The Bertz CT molecular complexity index is 474. The van der Waals surface area contributed by atoms with Gasteiger partial charge in [-0.15, -0.1) is 0 Å². The van der Waals surface area contributed by atoms with Gasteiger partial charge in [0.1, 0.15) is 0 Å². The molecule has 0 aliphatic heterocycles. The Kier molecular flexibility index (Phi) is 4.79. The number of methoxy groups -OCH3 is 1. The number of ether oxygens (including phenoxy) is 1. The molecule has 2 rings (SSSR count). The summed E-state index contributed by atoms with van der Waals surface area (Å²) in [5, 5.41) is 19.8. The molecular formula is C14H20N2O4. The van der Waals surface area contributed by atoms with Crippen molar-refractivity contribution in [3.63, 3.8) is 0 Å². The van der Waals surface area contributed by atoms with E-state index >= 15 is 0 Å². The van der Waals surface area contributed by atoms with Crippen LogP contribution in [0, 0.1) is 10.1 Å². The minimum Gasteiger partial charge on any atom is -0.490 e. The van der Waals surface area contributed by atoms with Gasteiger partial charge in [-0.1, -0.05) is 0 Å². The average Bonchev–Trinajstić information content (AvgIpc) is 3.27. The van der Waals surface area contributed by atoms with E-state index in [-0.39, 0.29) is 12.3 Å². The smallest absolute Gasteiger partial charge is 0.311 e. The molecule has 0 amide bonds. The van der Waals surface area contributed by atoms with Crippen molar-refractivity contribution in [2.24, 2.45) is 0 Å². The van der Waals surface area contributed by atoms with Crippen LogP contribution >= 0.6 is 0 Å². The summed E-state index contributed by atoms with van der Waals surface area (Å²) < 4.78 is 5.11. The lowest BCUT2D eigenvalue weighted by molar-refractivity contribution is -0.385. The molecule has 0 bridgehead atoms. The molecular weight excluding hydrogens is 260 g/mol. The number of anilines is 1. The number of benzene rings is 1. The van der Waals surface area contributed by atoms with Gasteiger partial charge in [-0.25, -0.2) is 0 Å². The fraction of sp³-hybridized carbons (Fsp3) is 0.571. The Morgan fingerprint density at radius 3 is 2.75 bits per heavy atom. The summed E-state index contributed by atoms with van der Waals surface area (Å²) in [6, 6.07) is 5.52. The molecule has 1 aliphatic carbocycles. The second kappa shape index (κ2) is 6.56. The molecule has 0 aromatic heterocycles. The topological polar surface area (TPSA) is 75.8 Å². The van der Waals surface area contributed by atoms with Crippen molar-refractivity contribution in [3.8, 4) is 5.75 Å². The van der Waals surface area contributed by atoms with Crippen LogP contribution in [0.4, 0.5) is 11.4 Å². The van der Waals surface area contributed by atoms with E-state index in [1.165, 1.54) is 13.2 Å². The number of rotatable bonds is 8. The van der Waals surface area contributed by atoms with E-state index in [9.17, 15) is 10.1 Å². The molecule has 1 aromatic carbocycles. The Labute approximate surface area is 118 Å². The normalized spacial score (nSPS) is 14.1. The minimum atomic E-state index is -0.435. The zero-order valence-electron chi connectivity index (χ0n) is 11.6. The van der Waals surface area contributed by atoms with Crippen LogP contribution in [0.3, 0.4) is 0 Å². The first kappa shape index (κ1) is 14.6. The highest BCUT2D eigenvalue weighted by atomic mass is 16.6. The van der Waals surface area contributed by atoms with Gasteiger partial charge in [-0.3, -0.25) is 10.1 Å². The van der Waals surface area contributed by atoms with Crippen LogP contribution in [0.25, 0.3) is 0 Å². The number of hydrogen-bond donors (Lipinski definition) is 1. The van der Waals surface area contributed by atoms with Crippen molar-refractivity contribution in [2.45, 2.75) is 31.7 Å². The first-order chi connectivity index (χ1) is 9.67. The van der Waals surface area contributed by atoms with Gasteiger partial charge in [-0.05, 0) is 31.7 Å². The molecule has 1 aromatic rings. The SMILES string of the molecule is COc1cc(N(CCCCO)C2CC2)ccc1[N+](=O)[O-]. The monoisotopic (exact) mass is 280 g/mol. The molecule has 1 N–H and O–H groups in total. The highest BCUT2D eigenvalue weighted by Gasteiger charge is 2.30. The van der Waals surface area contributed by atoms with Crippen molar-refractivity contribution < 1.29 is 14.8 Å². The number of nitro groups is 1. The number of aliphatic hydroxyl groups is 1. The second-order valence-electron chi connectivity index (χ2n) is 4.97. The lowest BCUT2D eigenvalue weighted by Crippen LogP contribution is -2.27. The van der Waals surface area contributed by atoms with Crippen LogP contribution < -0.4 is 9.64 Å². The summed E-state index contributed by atoms with van der Waals surface area (Å²) in [6.07, 6.45) is 3.98. The van der Waals surface area contributed by atoms with Gasteiger partial charge in [0.15, 0.2) is 5.75 Å². The van der Waals surface area contributed by atoms with Gasteiger partial charge in [0, 0.05) is 37.0 Å². The number of hydrogen-bond acceptors (Lipinski definition) is 5. The van der Waals surface area contributed by atoms with Gasteiger partial charge >= 0.3 is 5.69 Å². The van der Waals surface area contributed by atoms with Crippen LogP contribution in [0.2, 0.25) is 0 Å². The van der Waals surface area contributed by atoms with Crippen molar-refractivity contribution in [1.82, 2.24) is 0 Å². The van der Waals surface area contributed by atoms with E-state index in [4.69, 9.17) is 9.84 Å². The summed E-state index contributed by atoms with van der Waals surface area (Å²) in [5.74, 6) is 0.292. The van der Waals surface area contributed by atoms with Crippen molar-refractivity contribution >= 4 is 11.4 Å². The summed E-state index contributed by atoms with van der Waals surface area (Å²) in [7, 11) is 1.44. The molecule has 0 atom stereocenters. The van der Waals surface area contributed by atoms with Gasteiger partial charge in [0.2, 0.25) is 0 Å². The Morgan fingerprint density at radius 2 is 2.20 bits per heavy atom. The molecule has 20 heavy (non-hydrogen) atoms. The summed E-state index contributed by atoms with van der Waals surface area (Å²) in [5.41, 5.74) is 0.940. The Morgan fingerprint density at radius 1 is 1.45 bits per heavy atom. The number of nitro benzene ring substituents is 1. The summed E-state index contributed by atoms with van der Waals surface area (Å²) in [4.78, 5) is 12.7. The lowest BCUT2D eigenvalue weighted by Gasteiger charge is -2.25. The average molecular weight is 280 g/mol. The van der Waals surface area contributed by atoms with Crippen LogP contribution in [0.1, 0.15) is 25.7 Å². The second-order valence-corrected chi connectivity index (χ2v) is 4.97. The van der Waals surface area contributed by atoms with Crippen LogP contribution in [-0.4, -0.2) is 36.3 Å². The molecule has 110 valence electrons. The molecule has 1 fully saturated rings. The molecule has 6 nitrogen and oxygen atoms in total. The zero-order chi connectivity index (χ0) is 14.5. The highest BCUT2D eigenvalue weighted by molar-refractivity contribution is 5.60. The molecule has 0 unspecified atom stereocenters. The van der Waals surface area contributed by atoms with Gasteiger partial charge in [0.05, 0.1) is 12.0 Å². The maximum atomic E-state index is 10.9. The molecule has 0 spiro atoms. The van der Waals surface area contributed by atoms with E-state index in [0.717, 1.165) is 37.9 Å². The molecule has 6 heteroatoms. The quantitative estimate of drug-likeness (QED) is 0.449. The van der Waals surface area contributed by atoms with E-state index in [1.807, 2.05) is 0 Å². The van der Waals surface area contributed by atoms with Gasteiger partial charge in [0.25, 0.3) is 0 Å². The first-order valence-electron chi connectivity index (χ1n) is 6.87. The predicted molar refractivity (Wildman–Crippen MR) is 76.3 cm³/mol. The predicted octanol–water partition coefficient (Wildman–Crippen LogP) is 2.34. The Balaban J connectivity index is 2.18. The minimum absolute atomic E-state index is 0.0117. The largest absolute Gasteiger partial charge is 0.490 e. The standard InChI is InChI=1S/C14H20N2O4/c1-20-14-10-12(6-7-13(14)16(18)19)15(11-4-5-11)8-2-3-9-17/h6-7,10-11,17H,2-5,8-9H2,1H3. The first-order valence-corrected chi connectivity index (χ1v) is 6.87. The fourth-order valence-electron chi connectivity index (χ4n) is 2.30. The van der Waals surface area contributed by atoms with Crippen LogP contribution in [0.5, 0.6) is 5.75 Å². The third-order valence-corrected chi connectivity index (χ3v) is 3.49. The van der Waals surface area contributed by atoms with Crippen molar-refractivity contribution in [3.05, 3.63) is 28.3 Å². The molecule has 1 saturated carbocycles. The Hall–Kier alpha value is -1.82. The van der Waals surface area contributed by atoms with E-state index in [1.54, 1.807) is 12.1 Å². The molecule has 0 saturated heterocycles. The number of nitrogens with zero attached hydrogens (tertiary/aromatic N) is 2. The third kappa shape index (κ3) is 3.39. The van der Waals surface area contributed by atoms with Crippen molar-refractivity contribution in [2.75, 3.05) is 25.2 Å². The summed E-state index contributed by atoms with van der Waals surface area (Å²) in [6.45, 7) is 1.05. The van der Waals surface area contributed by atoms with E-state index in [2.05, 4.69) is 4.90 Å². The maximum Gasteiger partial charge on any atom is 0.311 e. The van der Waals surface area contributed by atoms with Crippen LogP contribution in [-0.2, 0) is 0 Å². The van der Waals surface area contributed by atoms with Gasteiger partial charge in [-0.2, -0.15) is 0 Å². The van der Waals surface area contributed by atoms with Gasteiger partial charge < -0.3 is 14.7 Å². The third-order valence-electron chi connectivity index (χ3n) is 3.49.